The number of hydrogen-bond acceptors (Lipinski definition) is 6. The molecule has 1 saturated heterocycles. The van der Waals surface area contributed by atoms with Gasteiger partial charge in [0.2, 0.25) is 5.91 Å². The van der Waals surface area contributed by atoms with Gasteiger partial charge in [0.15, 0.2) is 0 Å². The Morgan fingerprint density at radius 1 is 1.14 bits per heavy atom. The summed E-state index contributed by atoms with van der Waals surface area (Å²) in [6.45, 7) is 5.79. The Hall–Kier alpha value is -3.07. The highest BCUT2D eigenvalue weighted by Crippen LogP contribution is 2.18. The van der Waals surface area contributed by atoms with Crippen LogP contribution in [0, 0.1) is 6.92 Å². The minimum atomic E-state index is -0.578. The molecule has 3 N–H and O–H groups in total. The zero-order valence-electron chi connectivity index (χ0n) is 16.8. The highest BCUT2D eigenvalue weighted by molar-refractivity contribution is 5.90. The van der Waals surface area contributed by atoms with Gasteiger partial charge in [-0.3, -0.25) is 14.2 Å². The summed E-state index contributed by atoms with van der Waals surface area (Å²) in [5.74, 6) is -0.312. The van der Waals surface area contributed by atoms with Gasteiger partial charge >= 0.3 is 5.69 Å². The average Bonchev–Trinajstić information content (AvgIpc) is 2.71. The largest absolute Gasteiger partial charge is 0.383 e. The predicted octanol–water partition coefficient (Wildman–Crippen LogP) is 0.786. The second-order valence-corrected chi connectivity index (χ2v) is 7.07. The summed E-state index contributed by atoms with van der Waals surface area (Å²) >= 11 is 0. The highest BCUT2D eigenvalue weighted by Gasteiger charge is 2.24. The van der Waals surface area contributed by atoms with Crippen molar-refractivity contribution < 1.29 is 9.53 Å². The molecule has 1 fully saturated rings. The summed E-state index contributed by atoms with van der Waals surface area (Å²) in [6.07, 6.45) is 0.667. The smallest absolute Gasteiger partial charge is 0.333 e. The summed E-state index contributed by atoms with van der Waals surface area (Å²) in [5.41, 5.74) is 7.00. The molecule has 1 aromatic carbocycles. The van der Waals surface area contributed by atoms with Gasteiger partial charge in [0, 0.05) is 25.3 Å². The number of rotatable bonds is 6. The maximum atomic E-state index is 13.1. The summed E-state index contributed by atoms with van der Waals surface area (Å²) in [6, 6.07) is 7.28. The number of hydrogen-bond donors (Lipinski definition) is 2. The SMILES string of the molecule is CCCn1c(N)c(N2CCOCC2)c(=O)n(CC(=O)Nc2ccc(C)cc2)c1=O. The number of carbonyl (C=O) groups is 1. The molecule has 0 saturated carbocycles. The van der Waals surface area contributed by atoms with Crippen molar-refractivity contribution in [2.24, 2.45) is 0 Å². The maximum Gasteiger partial charge on any atom is 0.333 e. The fourth-order valence-corrected chi connectivity index (χ4v) is 3.35. The number of aryl methyl sites for hydroxylation is 1. The number of amides is 1. The van der Waals surface area contributed by atoms with Crippen LogP contribution in [0.2, 0.25) is 0 Å². The molecule has 1 aliphatic rings. The molecule has 9 nitrogen and oxygen atoms in total. The zero-order chi connectivity index (χ0) is 21.0. The Morgan fingerprint density at radius 2 is 1.79 bits per heavy atom. The van der Waals surface area contributed by atoms with E-state index < -0.39 is 17.2 Å². The van der Waals surface area contributed by atoms with Crippen molar-refractivity contribution in [2.45, 2.75) is 33.4 Å². The number of nitrogens with zero attached hydrogens (tertiary/aromatic N) is 3. The second-order valence-electron chi connectivity index (χ2n) is 7.07. The van der Waals surface area contributed by atoms with Crippen molar-refractivity contribution in [3.8, 4) is 0 Å². The van der Waals surface area contributed by atoms with E-state index in [4.69, 9.17) is 10.5 Å². The maximum absolute atomic E-state index is 13.1. The van der Waals surface area contributed by atoms with E-state index in [9.17, 15) is 14.4 Å². The van der Waals surface area contributed by atoms with Crippen LogP contribution in [0.15, 0.2) is 33.9 Å². The number of nitrogen functional groups attached to an aromatic ring is 1. The first-order valence-electron chi connectivity index (χ1n) is 9.74. The van der Waals surface area contributed by atoms with E-state index in [2.05, 4.69) is 5.32 Å². The molecule has 3 rings (SSSR count). The summed E-state index contributed by atoms with van der Waals surface area (Å²) in [7, 11) is 0. The molecule has 0 radical (unpaired) electrons. The lowest BCUT2D eigenvalue weighted by Gasteiger charge is -2.30. The van der Waals surface area contributed by atoms with Crippen LogP contribution in [0.4, 0.5) is 17.2 Å². The lowest BCUT2D eigenvalue weighted by molar-refractivity contribution is -0.116. The second kappa shape index (κ2) is 8.95. The molecule has 29 heavy (non-hydrogen) atoms. The monoisotopic (exact) mass is 401 g/mol. The quantitative estimate of drug-likeness (QED) is 0.740. The fourth-order valence-electron chi connectivity index (χ4n) is 3.35. The van der Waals surface area contributed by atoms with E-state index >= 15 is 0 Å². The highest BCUT2D eigenvalue weighted by atomic mass is 16.5. The third-order valence-corrected chi connectivity index (χ3v) is 4.85. The molecule has 1 amide bonds. The van der Waals surface area contributed by atoms with E-state index in [1.165, 1.54) is 4.57 Å². The third-order valence-electron chi connectivity index (χ3n) is 4.85. The van der Waals surface area contributed by atoms with Gasteiger partial charge in [-0.2, -0.15) is 0 Å². The summed E-state index contributed by atoms with van der Waals surface area (Å²) in [4.78, 5) is 40.3. The van der Waals surface area contributed by atoms with Crippen molar-refractivity contribution >= 4 is 23.1 Å². The van der Waals surface area contributed by atoms with Gasteiger partial charge in [-0.1, -0.05) is 24.6 Å². The molecule has 0 unspecified atom stereocenters. The number of morpholine rings is 1. The molecule has 9 heteroatoms. The van der Waals surface area contributed by atoms with Gasteiger partial charge in [-0.05, 0) is 25.5 Å². The Bertz CT molecular complexity index is 988. The summed E-state index contributed by atoms with van der Waals surface area (Å²) < 4.78 is 7.67. The molecular weight excluding hydrogens is 374 g/mol. The average molecular weight is 401 g/mol. The van der Waals surface area contributed by atoms with Gasteiger partial charge in [-0.15, -0.1) is 0 Å². The molecule has 0 spiro atoms. The van der Waals surface area contributed by atoms with E-state index in [-0.39, 0.29) is 18.1 Å². The molecule has 0 aliphatic carbocycles. The van der Waals surface area contributed by atoms with Crippen molar-refractivity contribution in [1.29, 1.82) is 0 Å². The van der Waals surface area contributed by atoms with Crippen LogP contribution in [-0.2, 0) is 22.6 Å². The zero-order valence-corrected chi connectivity index (χ0v) is 16.8. The van der Waals surface area contributed by atoms with Gasteiger partial charge in [0.25, 0.3) is 5.56 Å². The number of benzene rings is 1. The number of nitrogens with two attached hydrogens (primary N) is 1. The van der Waals surface area contributed by atoms with Crippen LogP contribution >= 0.6 is 0 Å². The normalized spacial score (nSPS) is 14.1. The van der Waals surface area contributed by atoms with Crippen LogP contribution in [0.1, 0.15) is 18.9 Å². The Morgan fingerprint density at radius 3 is 2.41 bits per heavy atom. The van der Waals surface area contributed by atoms with Crippen LogP contribution < -0.4 is 27.2 Å². The number of nitrogens with one attached hydrogen (secondary N) is 1. The number of aromatic nitrogens is 2. The van der Waals surface area contributed by atoms with Crippen LogP contribution in [-0.4, -0.2) is 41.3 Å². The van der Waals surface area contributed by atoms with E-state index in [0.717, 1.165) is 10.1 Å². The Balaban J connectivity index is 1.97. The van der Waals surface area contributed by atoms with Crippen LogP contribution in [0.25, 0.3) is 0 Å². The number of ether oxygens (including phenoxy) is 1. The molecule has 0 atom stereocenters. The Labute approximate surface area is 168 Å². The van der Waals surface area contributed by atoms with Gasteiger partial charge in [0.05, 0.1) is 13.2 Å². The summed E-state index contributed by atoms with van der Waals surface area (Å²) in [5, 5.41) is 2.73. The molecular formula is C20H27N5O4. The van der Waals surface area contributed by atoms with Crippen molar-refractivity contribution in [3.05, 3.63) is 50.7 Å². The lowest BCUT2D eigenvalue weighted by atomic mass is 10.2. The van der Waals surface area contributed by atoms with Gasteiger partial charge < -0.3 is 20.7 Å². The third kappa shape index (κ3) is 4.51. The minimum absolute atomic E-state index is 0.138. The van der Waals surface area contributed by atoms with E-state index in [0.29, 0.717) is 45.0 Å². The van der Waals surface area contributed by atoms with Crippen molar-refractivity contribution in [3.63, 3.8) is 0 Å². The first-order valence-corrected chi connectivity index (χ1v) is 9.74. The first-order chi connectivity index (χ1) is 13.9. The molecule has 0 bridgehead atoms. The van der Waals surface area contributed by atoms with Gasteiger partial charge in [0.1, 0.15) is 18.1 Å². The topological polar surface area (TPSA) is 112 Å². The number of carbonyl (C=O) groups excluding carboxylic acids is 1. The van der Waals surface area contributed by atoms with Crippen molar-refractivity contribution in [2.75, 3.05) is 42.3 Å². The minimum Gasteiger partial charge on any atom is -0.383 e. The molecule has 156 valence electrons. The molecule has 2 aromatic rings. The van der Waals surface area contributed by atoms with E-state index in [1.54, 1.807) is 12.1 Å². The van der Waals surface area contributed by atoms with Crippen LogP contribution in [0.3, 0.4) is 0 Å². The fraction of sp³-hybridized carbons (Fsp3) is 0.450. The van der Waals surface area contributed by atoms with E-state index in [1.807, 2.05) is 30.9 Å². The molecule has 2 heterocycles. The lowest BCUT2D eigenvalue weighted by Crippen LogP contribution is -2.48. The van der Waals surface area contributed by atoms with Crippen LogP contribution in [0.5, 0.6) is 0 Å². The predicted molar refractivity (Wildman–Crippen MR) is 113 cm³/mol. The molecule has 1 aromatic heterocycles. The standard InChI is InChI=1S/C20H27N5O4/c1-3-8-24-18(21)17(23-9-11-29-12-10-23)19(27)25(20(24)28)13-16(26)22-15-6-4-14(2)5-7-15/h4-7H,3,8-13,21H2,1-2H3,(H,22,26). The Kier molecular flexibility index (Phi) is 6.38. The van der Waals surface area contributed by atoms with Crippen molar-refractivity contribution in [1.82, 2.24) is 9.13 Å². The molecule has 1 aliphatic heterocycles. The number of anilines is 3. The first kappa shape index (κ1) is 20.7. The van der Waals surface area contributed by atoms with Gasteiger partial charge in [-0.25, -0.2) is 9.36 Å².